The minimum atomic E-state index is -0.259. The highest BCUT2D eigenvalue weighted by atomic mass is 16.3. The molecule has 4 heteroatoms. The van der Waals surface area contributed by atoms with Crippen molar-refractivity contribution in [2.75, 3.05) is 5.32 Å². The van der Waals surface area contributed by atoms with Crippen LogP contribution in [-0.2, 0) is 4.79 Å². The maximum Gasteiger partial charge on any atom is 0.248 e. The van der Waals surface area contributed by atoms with E-state index in [4.69, 9.17) is 9.68 Å². The molecule has 1 amide bonds. The molecular weight excluding hydrogens is 276 g/mol. The number of carbonyl (C=O) groups is 1. The van der Waals surface area contributed by atoms with Gasteiger partial charge >= 0.3 is 0 Å². The van der Waals surface area contributed by atoms with Gasteiger partial charge in [0.05, 0.1) is 11.6 Å². The molecule has 0 saturated carbocycles. The Morgan fingerprint density at radius 3 is 2.64 bits per heavy atom. The van der Waals surface area contributed by atoms with Gasteiger partial charge < -0.3 is 9.73 Å². The molecule has 0 saturated heterocycles. The van der Waals surface area contributed by atoms with Crippen molar-refractivity contribution in [2.45, 2.75) is 0 Å². The van der Waals surface area contributed by atoms with Crippen LogP contribution in [-0.4, -0.2) is 5.91 Å². The zero-order valence-corrected chi connectivity index (χ0v) is 11.6. The van der Waals surface area contributed by atoms with Gasteiger partial charge in [0.25, 0.3) is 0 Å². The van der Waals surface area contributed by atoms with Gasteiger partial charge in [-0.15, -0.1) is 0 Å². The van der Waals surface area contributed by atoms with Crippen molar-refractivity contribution in [1.29, 1.82) is 5.26 Å². The molecule has 0 aliphatic heterocycles. The SMILES string of the molecule is N#Cc1ccc(NC(=O)/C=C/c2cc3ccccc3o2)cc1. The minimum absolute atomic E-state index is 0.259. The number of furan rings is 1. The zero-order chi connectivity index (χ0) is 15.4. The second-order valence-electron chi connectivity index (χ2n) is 4.70. The lowest BCUT2D eigenvalue weighted by atomic mass is 10.2. The van der Waals surface area contributed by atoms with Crippen LogP contribution in [0.1, 0.15) is 11.3 Å². The van der Waals surface area contributed by atoms with Crippen molar-refractivity contribution in [1.82, 2.24) is 0 Å². The molecule has 4 nitrogen and oxygen atoms in total. The summed E-state index contributed by atoms with van der Waals surface area (Å²) in [6.07, 6.45) is 3.04. The molecule has 0 aliphatic rings. The fraction of sp³-hybridized carbons (Fsp3) is 0. The van der Waals surface area contributed by atoms with Crippen LogP contribution in [0, 0.1) is 11.3 Å². The summed E-state index contributed by atoms with van der Waals surface area (Å²) in [5.41, 5.74) is 1.98. The highest BCUT2D eigenvalue weighted by Crippen LogP contribution is 2.19. The molecule has 0 fully saturated rings. The summed E-state index contributed by atoms with van der Waals surface area (Å²) in [5.74, 6) is 0.362. The van der Waals surface area contributed by atoms with Crippen LogP contribution in [0.15, 0.2) is 65.1 Å². The van der Waals surface area contributed by atoms with Gasteiger partial charge in [-0.3, -0.25) is 4.79 Å². The number of rotatable bonds is 3. The molecule has 1 N–H and O–H groups in total. The van der Waals surface area contributed by atoms with Crippen LogP contribution < -0.4 is 5.32 Å². The molecule has 106 valence electrons. The third kappa shape index (κ3) is 3.05. The number of anilines is 1. The van der Waals surface area contributed by atoms with Gasteiger partial charge in [-0.25, -0.2) is 0 Å². The molecule has 1 aromatic heterocycles. The van der Waals surface area contributed by atoms with Crippen molar-refractivity contribution < 1.29 is 9.21 Å². The summed E-state index contributed by atoms with van der Waals surface area (Å²) in [4.78, 5) is 11.9. The largest absolute Gasteiger partial charge is 0.457 e. The van der Waals surface area contributed by atoms with Crippen LogP contribution in [0.5, 0.6) is 0 Å². The standard InChI is InChI=1S/C18H12N2O2/c19-12-13-5-7-15(8-6-13)20-18(21)10-9-16-11-14-3-1-2-4-17(14)22-16/h1-11H,(H,20,21)/b10-9+. The average Bonchev–Trinajstić information content (AvgIpc) is 2.96. The Hall–Kier alpha value is -3.32. The monoisotopic (exact) mass is 288 g/mol. The predicted octanol–water partition coefficient (Wildman–Crippen LogP) is 3.96. The van der Waals surface area contributed by atoms with Crippen LogP contribution in [0.4, 0.5) is 5.69 Å². The molecule has 0 atom stereocenters. The Balaban J connectivity index is 1.69. The van der Waals surface area contributed by atoms with E-state index in [1.54, 1.807) is 30.3 Å². The van der Waals surface area contributed by atoms with E-state index in [1.807, 2.05) is 36.4 Å². The number of carbonyl (C=O) groups excluding carboxylic acids is 1. The Morgan fingerprint density at radius 1 is 1.14 bits per heavy atom. The summed E-state index contributed by atoms with van der Waals surface area (Å²) >= 11 is 0. The number of amides is 1. The van der Waals surface area contributed by atoms with Crippen molar-refractivity contribution >= 4 is 28.6 Å². The van der Waals surface area contributed by atoms with Crippen LogP contribution >= 0.6 is 0 Å². The van der Waals surface area contributed by atoms with Crippen molar-refractivity contribution in [3.05, 3.63) is 72.0 Å². The zero-order valence-electron chi connectivity index (χ0n) is 11.6. The van der Waals surface area contributed by atoms with Crippen LogP contribution in [0.3, 0.4) is 0 Å². The number of nitriles is 1. The Bertz CT molecular complexity index is 850. The molecule has 3 aromatic rings. The number of nitrogens with zero attached hydrogens (tertiary/aromatic N) is 1. The fourth-order valence-corrected chi connectivity index (χ4v) is 2.05. The molecule has 3 rings (SSSR count). The van der Waals surface area contributed by atoms with E-state index in [-0.39, 0.29) is 5.91 Å². The van der Waals surface area contributed by atoms with Gasteiger partial charge in [0.1, 0.15) is 11.3 Å². The Labute approximate surface area is 127 Å². The lowest BCUT2D eigenvalue weighted by Gasteiger charge is -2.01. The molecule has 2 aromatic carbocycles. The molecule has 0 spiro atoms. The maximum atomic E-state index is 11.9. The van der Waals surface area contributed by atoms with E-state index in [0.29, 0.717) is 17.0 Å². The first-order chi connectivity index (χ1) is 10.7. The van der Waals surface area contributed by atoms with Crippen LogP contribution in [0.2, 0.25) is 0 Å². The number of benzene rings is 2. The third-order valence-electron chi connectivity index (χ3n) is 3.13. The van der Waals surface area contributed by atoms with E-state index in [2.05, 4.69) is 5.32 Å². The van der Waals surface area contributed by atoms with E-state index < -0.39 is 0 Å². The van der Waals surface area contributed by atoms with Gasteiger partial charge in [-0.1, -0.05) is 18.2 Å². The fourth-order valence-electron chi connectivity index (χ4n) is 2.05. The highest BCUT2D eigenvalue weighted by Gasteiger charge is 2.01. The van der Waals surface area contributed by atoms with Crippen molar-refractivity contribution in [2.24, 2.45) is 0 Å². The smallest absolute Gasteiger partial charge is 0.248 e. The van der Waals surface area contributed by atoms with Crippen LogP contribution in [0.25, 0.3) is 17.0 Å². The molecule has 0 radical (unpaired) electrons. The van der Waals surface area contributed by atoms with E-state index in [1.165, 1.54) is 6.08 Å². The predicted molar refractivity (Wildman–Crippen MR) is 85.0 cm³/mol. The summed E-state index contributed by atoms with van der Waals surface area (Å²) < 4.78 is 5.60. The maximum absolute atomic E-state index is 11.9. The Morgan fingerprint density at radius 2 is 1.91 bits per heavy atom. The number of nitrogens with one attached hydrogen (secondary N) is 1. The van der Waals surface area contributed by atoms with Gasteiger partial charge in [0.15, 0.2) is 0 Å². The molecule has 0 unspecified atom stereocenters. The molecule has 0 aliphatic carbocycles. The molecule has 0 bridgehead atoms. The summed E-state index contributed by atoms with van der Waals surface area (Å²) in [6.45, 7) is 0. The van der Waals surface area contributed by atoms with Crippen molar-refractivity contribution in [3.8, 4) is 6.07 Å². The number of hydrogen-bond donors (Lipinski definition) is 1. The van der Waals surface area contributed by atoms with E-state index in [0.717, 1.165) is 11.0 Å². The lowest BCUT2D eigenvalue weighted by Crippen LogP contribution is -2.07. The second kappa shape index (κ2) is 5.98. The van der Waals surface area contributed by atoms with Gasteiger partial charge in [-0.2, -0.15) is 5.26 Å². The third-order valence-corrected chi connectivity index (χ3v) is 3.13. The van der Waals surface area contributed by atoms with Gasteiger partial charge in [0, 0.05) is 17.1 Å². The van der Waals surface area contributed by atoms with Gasteiger partial charge in [0.2, 0.25) is 5.91 Å². The quantitative estimate of drug-likeness (QED) is 0.742. The first-order valence-corrected chi connectivity index (χ1v) is 6.72. The van der Waals surface area contributed by atoms with E-state index in [9.17, 15) is 4.79 Å². The molecule has 1 heterocycles. The molecule has 22 heavy (non-hydrogen) atoms. The highest BCUT2D eigenvalue weighted by molar-refractivity contribution is 6.02. The Kier molecular flexibility index (Phi) is 3.71. The number of fused-ring (bicyclic) bond motifs is 1. The average molecular weight is 288 g/mol. The summed E-state index contributed by atoms with van der Waals surface area (Å²) in [6, 6.07) is 18.2. The topological polar surface area (TPSA) is 66.0 Å². The first-order valence-electron chi connectivity index (χ1n) is 6.72. The van der Waals surface area contributed by atoms with E-state index >= 15 is 0 Å². The number of hydrogen-bond acceptors (Lipinski definition) is 3. The molecular formula is C18H12N2O2. The lowest BCUT2D eigenvalue weighted by molar-refractivity contribution is -0.111. The minimum Gasteiger partial charge on any atom is -0.457 e. The summed E-state index contributed by atoms with van der Waals surface area (Å²) in [5, 5.41) is 12.4. The first kappa shape index (κ1) is 13.7. The van der Waals surface area contributed by atoms with Crippen molar-refractivity contribution in [3.63, 3.8) is 0 Å². The second-order valence-corrected chi connectivity index (χ2v) is 4.70. The summed E-state index contributed by atoms with van der Waals surface area (Å²) in [7, 11) is 0. The van der Waals surface area contributed by atoms with Gasteiger partial charge in [-0.05, 0) is 42.5 Å². The number of para-hydroxylation sites is 1. The normalized spacial score (nSPS) is 10.7.